The van der Waals surface area contributed by atoms with Crippen molar-refractivity contribution in [3.05, 3.63) is 0 Å². The smallest absolute Gasteiger partial charge is 0.233 e. The largest absolute Gasteiger partial charge is 0.340 e. The van der Waals surface area contributed by atoms with Crippen molar-refractivity contribution in [1.82, 2.24) is 15.1 Å². The Hall–Kier alpha value is -1.29. The van der Waals surface area contributed by atoms with E-state index in [4.69, 9.17) is 10.5 Å². The minimum atomic E-state index is -0.0783. The molecule has 0 spiro atoms. The van der Waals surface area contributed by atoms with Crippen LogP contribution in [0.3, 0.4) is 0 Å². The van der Waals surface area contributed by atoms with Gasteiger partial charge in [-0.1, -0.05) is 41.8 Å². The van der Waals surface area contributed by atoms with E-state index >= 15 is 0 Å². The Balaban J connectivity index is 2.47. The average Bonchev–Trinajstić information content (AvgIpc) is 2.93. The number of aromatic nitrogens is 2. The number of carbonyl (C=O) groups is 1. The first-order chi connectivity index (χ1) is 10.2. The molecule has 0 unspecified atom stereocenters. The second-order valence-electron chi connectivity index (χ2n) is 3.75. The minimum Gasteiger partial charge on any atom is -0.340 e. The molecule has 9 heteroatoms. The van der Waals surface area contributed by atoms with Gasteiger partial charge in [-0.05, 0) is 5.75 Å². The van der Waals surface area contributed by atoms with Gasteiger partial charge in [-0.2, -0.15) is 10.5 Å². The lowest BCUT2D eigenvalue weighted by Crippen LogP contribution is -2.34. The molecular formula is C12H15N5OS3. The molecular weight excluding hydrogens is 326 g/mol. The second-order valence-corrected chi connectivity index (χ2v) is 7.46. The van der Waals surface area contributed by atoms with Gasteiger partial charge in [0.15, 0.2) is 8.68 Å². The highest BCUT2D eigenvalue weighted by molar-refractivity contribution is 8.03. The molecule has 1 amide bonds. The summed E-state index contributed by atoms with van der Waals surface area (Å²) in [6.45, 7) is 2.78. The number of nitriles is 2. The molecule has 0 aliphatic carbocycles. The van der Waals surface area contributed by atoms with Crippen LogP contribution in [-0.4, -0.2) is 45.6 Å². The lowest BCUT2D eigenvalue weighted by molar-refractivity contribution is -0.128. The molecule has 0 radical (unpaired) electrons. The van der Waals surface area contributed by atoms with Crippen LogP contribution in [0.2, 0.25) is 0 Å². The van der Waals surface area contributed by atoms with Gasteiger partial charge in [-0.3, -0.25) is 4.79 Å². The number of amides is 1. The van der Waals surface area contributed by atoms with Gasteiger partial charge in [-0.25, -0.2) is 0 Å². The number of hydrogen-bond donors (Lipinski definition) is 0. The van der Waals surface area contributed by atoms with Crippen LogP contribution in [0.15, 0.2) is 8.68 Å². The van der Waals surface area contributed by atoms with Crippen LogP contribution in [0.5, 0.6) is 0 Å². The van der Waals surface area contributed by atoms with Gasteiger partial charge in [0.05, 0.1) is 30.7 Å². The SMILES string of the molecule is CCSc1nnc(SCC(=O)N(CCC#N)CCC#N)s1. The zero-order valence-electron chi connectivity index (χ0n) is 11.6. The number of hydrogen-bond acceptors (Lipinski definition) is 8. The van der Waals surface area contributed by atoms with Crippen LogP contribution in [0, 0.1) is 22.7 Å². The van der Waals surface area contributed by atoms with E-state index < -0.39 is 0 Å². The van der Waals surface area contributed by atoms with Crippen molar-refractivity contribution >= 4 is 40.8 Å². The number of thioether (sulfide) groups is 2. The molecule has 112 valence electrons. The van der Waals surface area contributed by atoms with Crippen LogP contribution in [0.25, 0.3) is 0 Å². The molecule has 0 atom stereocenters. The molecule has 1 heterocycles. The molecule has 1 aromatic heterocycles. The van der Waals surface area contributed by atoms with E-state index in [1.165, 1.54) is 23.1 Å². The molecule has 0 N–H and O–H groups in total. The van der Waals surface area contributed by atoms with Crippen molar-refractivity contribution in [2.75, 3.05) is 24.6 Å². The van der Waals surface area contributed by atoms with Gasteiger partial charge < -0.3 is 4.90 Å². The number of rotatable bonds is 9. The van der Waals surface area contributed by atoms with E-state index in [9.17, 15) is 4.79 Å². The Morgan fingerprint density at radius 1 is 1.19 bits per heavy atom. The molecule has 21 heavy (non-hydrogen) atoms. The zero-order valence-corrected chi connectivity index (χ0v) is 14.1. The van der Waals surface area contributed by atoms with E-state index in [2.05, 4.69) is 10.2 Å². The minimum absolute atomic E-state index is 0.0783. The molecule has 1 rings (SSSR count). The predicted molar refractivity (Wildman–Crippen MR) is 84.1 cm³/mol. The van der Waals surface area contributed by atoms with Crippen molar-refractivity contribution < 1.29 is 4.79 Å². The molecule has 0 aromatic carbocycles. The van der Waals surface area contributed by atoms with Crippen LogP contribution in [-0.2, 0) is 4.79 Å². The molecule has 0 fully saturated rings. The Morgan fingerprint density at radius 3 is 2.29 bits per heavy atom. The normalized spacial score (nSPS) is 9.86. The highest BCUT2D eigenvalue weighted by atomic mass is 32.2. The molecule has 6 nitrogen and oxygen atoms in total. The average molecular weight is 341 g/mol. The van der Waals surface area contributed by atoms with Crippen molar-refractivity contribution in [1.29, 1.82) is 10.5 Å². The lowest BCUT2D eigenvalue weighted by Gasteiger charge is -2.19. The lowest BCUT2D eigenvalue weighted by atomic mass is 10.3. The van der Waals surface area contributed by atoms with Crippen molar-refractivity contribution in [2.45, 2.75) is 28.4 Å². The van der Waals surface area contributed by atoms with Gasteiger partial charge in [0.25, 0.3) is 0 Å². The first kappa shape index (κ1) is 17.8. The van der Waals surface area contributed by atoms with Crippen molar-refractivity contribution in [3.8, 4) is 12.1 Å². The molecule has 0 saturated carbocycles. The zero-order chi connectivity index (χ0) is 15.5. The van der Waals surface area contributed by atoms with Gasteiger partial charge in [0.2, 0.25) is 5.91 Å². The second kappa shape index (κ2) is 10.4. The summed E-state index contributed by atoms with van der Waals surface area (Å²) in [5.41, 5.74) is 0. The van der Waals surface area contributed by atoms with Gasteiger partial charge >= 0.3 is 0 Å². The Labute approximate surface area is 136 Å². The molecule has 1 aromatic rings. The Bertz CT molecular complexity index is 516. The van der Waals surface area contributed by atoms with Crippen LogP contribution in [0.1, 0.15) is 19.8 Å². The fourth-order valence-electron chi connectivity index (χ4n) is 1.38. The van der Waals surface area contributed by atoms with E-state index in [0.29, 0.717) is 13.1 Å². The van der Waals surface area contributed by atoms with Crippen molar-refractivity contribution in [2.24, 2.45) is 0 Å². The van der Waals surface area contributed by atoms with E-state index in [1.807, 2.05) is 19.1 Å². The standard InChI is InChI=1S/C12H15N5OS3/c1-2-19-11-15-16-12(21-11)20-9-10(18)17(7-3-5-13)8-4-6-14/h2-4,7-9H2,1H3. The topological polar surface area (TPSA) is 93.7 Å². The Morgan fingerprint density at radius 2 is 1.76 bits per heavy atom. The fourth-order valence-corrected chi connectivity index (χ4v) is 4.20. The summed E-state index contributed by atoms with van der Waals surface area (Å²) in [6.07, 6.45) is 0.551. The summed E-state index contributed by atoms with van der Waals surface area (Å²) in [6, 6.07) is 4.03. The molecule has 0 saturated heterocycles. The maximum atomic E-state index is 12.1. The van der Waals surface area contributed by atoms with Crippen LogP contribution >= 0.6 is 34.9 Å². The summed E-state index contributed by atoms with van der Waals surface area (Å²) >= 11 is 4.44. The summed E-state index contributed by atoms with van der Waals surface area (Å²) in [4.78, 5) is 13.7. The van der Waals surface area contributed by atoms with E-state index in [0.717, 1.165) is 14.4 Å². The van der Waals surface area contributed by atoms with Gasteiger partial charge in [-0.15, -0.1) is 10.2 Å². The summed E-state index contributed by atoms with van der Waals surface area (Å²) in [7, 11) is 0. The summed E-state index contributed by atoms with van der Waals surface area (Å²) < 4.78 is 1.66. The highest BCUT2D eigenvalue weighted by Crippen LogP contribution is 2.28. The third kappa shape index (κ3) is 6.80. The maximum Gasteiger partial charge on any atom is 0.233 e. The first-order valence-corrected chi connectivity index (χ1v) is 9.10. The fraction of sp³-hybridized carbons (Fsp3) is 0.583. The molecule has 0 aliphatic heterocycles. The van der Waals surface area contributed by atoms with Crippen molar-refractivity contribution in [3.63, 3.8) is 0 Å². The number of carbonyl (C=O) groups excluding carboxylic acids is 1. The quantitative estimate of drug-likeness (QED) is 0.636. The Kier molecular flexibility index (Phi) is 8.83. The molecule has 0 bridgehead atoms. The predicted octanol–water partition coefficient (Wildman–Crippen LogP) is 2.40. The maximum absolute atomic E-state index is 12.1. The highest BCUT2D eigenvalue weighted by Gasteiger charge is 2.14. The van der Waals surface area contributed by atoms with Crippen LogP contribution < -0.4 is 0 Å². The van der Waals surface area contributed by atoms with Gasteiger partial charge in [0.1, 0.15) is 0 Å². The van der Waals surface area contributed by atoms with Gasteiger partial charge in [0, 0.05) is 13.1 Å². The monoisotopic (exact) mass is 341 g/mol. The third-order valence-corrected chi connectivity index (χ3v) is 5.37. The molecule has 0 aliphatic rings. The third-order valence-electron chi connectivity index (χ3n) is 2.31. The summed E-state index contributed by atoms with van der Waals surface area (Å²) in [5.74, 6) is 1.11. The van der Waals surface area contributed by atoms with Crippen LogP contribution in [0.4, 0.5) is 0 Å². The first-order valence-electron chi connectivity index (χ1n) is 6.32. The van der Waals surface area contributed by atoms with E-state index in [1.54, 1.807) is 16.7 Å². The summed E-state index contributed by atoms with van der Waals surface area (Å²) in [5, 5.41) is 25.3. The number of nitrogens with zero attached hydrogens (tertiary/aromatic N) is 5. The van der Waals surface area contributed by atoms with E-state index in [-0.39, 0.29) is 24.5 Å².